The molecule has 0 aliphatic heterocycles. The van der Waals surface area contributed by atoms with Gasteiger partial charge in [0.05, 0.1) is 0 Å². The molecular formula is C32H44Cl2SiTi-2. The van der Waals surface area contributed by atoms with Crippen molar-refractivity contribution in [2.75, 3.05) is 0 Å². The van der Waals surface area contributed by atoms with Crippen LogP contribution in [0.4, 0.5) is 0 Å². The molecule has 4 heteroatoms. The van der Waals surface area contributed by atoms with E-state index < -0.39 is 0 Å². The molecule has 3 aromatic rings. The first-order valence-corrected chi connectivity index (χ1v) is 17.6. The summed E-state index contributed by atoms with van der Waals surface area (Å²) in [5.41, 5.74) is 6.14. The first kappa shape index (κ1) is 35.3. The molecule has 1 aliphatic carbocycles. The second kappa shape index (κ2) is 15.0. The van der Waals surface area contributed by atoms with Gasteiger partial charge in [0.1, 0.15) is 0 Å². The minimum atomic E-state index is 0. The Bertz CT molecular complexity index is 1130. The summed E-state index contributed by atoms with van der Waals surface area (Å²) in [5, 5.41) is 5.48. The maximum Gasteiger partial charge on any atom is -1.00 e. The second-order valence-electron chi connectivity index (χ2n) is 11.6. The van der Waals surface area contributed by atoms with E-state index >= 15 is 0 Å². The standard InChI is InChI=1S/C21H25.C9H13.C2H6Si.2ClH.Ti/c1-20(2,3)16-7-9-18-14(12-16)11-15-13-17(21(4,5)6)8-10-19(15)18;1-3-8-5-6-9(4-2)7-8;1-3-2;;;/h7-13H,1-6H3;7H,3-5H2,1-2H3;1-2H3;2*1H;/q2*-1;;;;+2/p-2. The molecule has 36 heavy (non-hydrogen) atoms. The number of rotatable bonds is 2. The van der Waals surface area contributed by atoms with Crippen molar-refractivity contribution in [2.24, 2.45) is 0 Å². The van der Waals surface area contributed by atoms with Crippen LogP contribution in [0.15, 0.2) is 59.7 Å². The quantitative estimate of drug-likeness (QED) is 0.321. The maximum absolute atomic E-state index is 3.33. The average molecular weight is 576 g/mol. The predicted molar refractivity (Wildman–Crippen MR) is 152 cm³/mol. The van der Waals surface area contributed by atoms with E-state index in [1.165, 1.54) is 50.2 Å². The van der Waals surface area contributed by atoms with Crippen molar-refractivity contribution in [1.29, 1.82) is 0 Å². The smallest absolute Gasteiger partial charge is 1.00 e. The second-order valence-corrected chi connectivity index (χ2v) is 18.3. The van der Waals surface area contributed by atoms with Crippen LogP contribution in [-0.4, -0.2) is 6.19 Å². The number of fused-ring (bicyclic) bond motifs is 3. The summed E-state index contributed by atoms with van der Waals surface area (Å²) in [5.74, 6) is 0. The third kappa shape index (κ3) is 10.2. The molecule has 4 rings (SSSR count). The van der Waals surface area contributed by atoms with E-state index in [-0.39, 0.29) is 41.8 Å². The van der Waals surface area contributed by atoms with Crippen LogP contribution in [0.25, 0.3) is 21.5 Å². The molecule has 0 amide bonds. The first-order chi connectivity index (χ1) is 15.8. The largest absolute Gasteiger partial charge is 1.00 e. The summed E-state index contributed by atoms with van der Waals surface area (Å²) in [7, 11) is 0. The van der Waals surface area contributed by atoms with Crippen molar-refractivity contribution in [3.63, 3.8) is 0 Å². The molecule has 0 nitrogen and oxygen atoms in total. The van der Waals surface area contributed by atoms with Crippen molar-refractivity contribution >= 4 is 27.7 Å². The summed E-state index contributed by atoms with van der Waals surface area (Å²) in [6, 6.07) is 16.2. The van der Waals surface area contributed by atoms with E-state index in [1.54, 1.807) is 0 Å². The molecule has 1 aliphatic rings. The molecule has 0 spiro atoms. The Morgan fingerprint density at radius 2 is 1.22 bits per heavy atom. The maximum atomic E-state index is 3.33. The van der Waals surface area contributed by atoms with Gasteiger partial charge in [0.25, 0.3) is 0 Å². The monoisotopic (exact) mass is 574 g/mol. The Hall–Kier alpha value is -0.699. The topological polar surface area (TPSA) is 0 Å². The van der Waals surface area contributed by atoms with Gasteiger partial charge in [-0.1, -0.05) is 104 Å². The Labute approximate surface area is 245 Å². The Kier molecular flexibility index (Phi) is 14.7. The van der Waals surface area contributed by atoms with Crippen LogP contribution in [0, 0.1) is 6.08 Å². The summed E-state index contributed by atoms with van der Waals surface area (Å²) < 4.78 is 0. The van der Waals surface area contributed by atoms with Crippen molar-refractivity contribution in [1.82, 2.24) is 0 Å². The Morgan fingerprint density at radius 3 is 1.50 bits per heavy atom. The van der Waals surface area contributed by atoms with Gasteiger partial charge in [0, 0.05) is 0 Å². The van der Waals surface area contributed by atoms with Gasteiger partial charge < -0.3 is 24.8 Å². The van der Waals surface area contributed by atoms with E-state index in [0.717, 1.165) is 12.8 Å². The fourth-order valence-electron chi connectivity index (χ4n) is 3.99. The number of allylic oxidation sites excluding steroid dienone is 4. The normalized spacial score (nSPS) is 12.9. The van der Waals surface area contributed by atoms with E-state index in [9.17, 15) is 0 Å². The molecule has 0 saturated heterocycles. The zero-order valence-corrected chi connectivity index (χ0v) is 28.1. The van der Waals surface area contributed by atoms with E-state index in [2.05, 4.69) is 142 Å². The van der Waals surface area contributed by atoms with Gasteiger partial charge in [-0.3, -0.25) is 6.08 Å². The van der Waals surface area contributed by atoms with E-state index in [1.807, 2.05) is 0 Å². The van der Waals surface area contributed by atoms with Crippen molar-refractivity contribution in [3.05, 3.63) is 76.9 Å². The fourth-order valence-corrected chi connectivity index (χ4v) is 3.99. The van der Waals surface area contributed by atoms with Gasteiger partial charge in [-0.25, -0.2) is 11.6 Å². The van der Waals surface area contributed by atoms with Crippen LogP contribution in [0.3, 0.4) is 0 Å². The van der Waals surface area contributed by atoms with Crippen LogP contribution in [-0.2, 0) is 30.0 Å². The Balaban J connectivity index is 0.000000686. The van der Waals surface area contributed by atoms with Crippen LogP contribution in [0.5, 0.6) is 0 Å². The summed E-state index contributed by atoms with van der Waals surface area (Å²) in [6.45, 7) is 22.5. The van der Waals surface area contributed by atoms with Crippen LogP contribution in [0.1, 0.15) is 85.8 Å². The van der Waals surface area contributed by atoms with Gasteiger partial charge in [0.2, 0.25) is 0 Å². The Morgan fingerprint density at radius 1 is 0.806 bits per heavy atom. The zero-order valence-electron chi connectivity index (χ0n) is 24.0. The average Bonchev–Trinajstić information content (AvgIpc) is 3.35. The van der Waals surface area contributed by atoms with Gasteiger partial charge in [0.15, 0.2) is 0 Å². The van der Waals surface area contributed by atoms with Crippen LogP contribution in [0.2, 0.25) is 13.1 Å². The predicted octanol–water partition coefficient (Wildman–Crippen LogP) is 3.97. The third-order valence-corrected chi connectivity index (χ3v) is 6.19. The van der Waals surface area contributed by atoms with E-state index in [0.29, 0.717) is 0 Å². The number of halogens is 2. The number of hydrogen-bond acceptors (Lipinski definition) is 0. The van der Waals surface area contributed by atoms with Crippen molar-refractivity contribution < 1.29 is 44.0 Å². The minimum Gasteiger partial charge on any atom is -1.00 e. The van der Waals surface area contributed by atoms with Gasteiger partial charge in [-0.05, 0) is 10.8 Å². The summed E-state index contributed by atoms with van der Waals surface area (Å²) in [4.78, 5) is 0. The number of hydrogen-bond donors (Lipinski definition) is 0. The van der Waals surface area contributed by atoms with Gasteiger partial charge in [-0.15, -0.1) is 46.2 Å². The molecule has 0 N–H and O–H groups in total. The molecule has 0 heterocycles. The van der Waals surface area contributed by atoms with Crippen molar-refractivity contribution in [2.45, 2.75) is 98.6 Å². The molecule has 0 aromatic heterocycles. The molecule has 3 aromatic carbocycles. The van der Waals surface area contributed by atoms with Crippen LogP contribution >= 0.6 is 0 Å². The molecule has 0 atom stereocenters. The molecule has 0 bridgehead atoms. The minimum absolute atomic E-state index is 0. The summed E-state index contributed by atoms with van der Waals surface area (Å²) in [6.07, 6.45) is 9.15. The van der Waals surface area contributed by atoms with Gasteiger partial charge >= 0.3 is 38.5 Å². The molecular weight excluding hydrogens is 531 g/mol. The first-order valence-electron chi connectivity index (χ1n) is 12.7. The fraction of sp³-hybridized carbons (Fsp3) is 0.469. The molecule has 0 radical (unpaired) electrons. The molecule has 0 unspecified atom stereocenters. The van der Waals surface area contributed by atoms with Crippen molar-refractivity contribution in [3.8, 4) is 0 Å². The molecule has 0 saturated carbocycles. The number of benzene rings is 2. The SMILES string of the molecule is CC(C)(C)c1ccc2c(c1)[cH-]c1cc(C(C)(C)C)ccc12.CCC1=[C-]CC(CC)=C1.C[Si](C)=[Ti+2].[Cl-].[Cl-]. The van der Waals surface area contributed by atoms with Crippen LogP contribution < -0.4 is 24.8 Å². The third-order valence-electron chi connectivity index (χ3n) is 6.19. The molecule has 0 fully saturated rings. The van der Waals surface area contributed by atoms with Gasteiger partial charge in [-0.2, -0.15) is 5.57 Å². The molecule has 196 valence electrons. The summed E-state index contributed by atoms with van der Waals surface area (Å²) >= 11 is 2.27. The van der Waals surface area contributed by atoms with E-state index in [4.69, 9.17) is 0 Å². The zero-order chi connectivity index (χ0) is 25.7.